The summed E-state index contributed by atoms with van der Waals surface area (Å²) in [4.78, 5) is 18.8. The van der Waals surface area contributed by atoms with Crippen LogP contribution in [0.2, 0.25) is 0 Å². The van der Waals surface area contributed by atoms with E-state index in [1.54, 1.807) is 26.0 Å². The fourth-order valence-electron chi connectivity index (χ4n) is 1.57. The van der Waals surface area contributed by atoms with E-state index >= 15 is 0 Å². The molecule has 0 unspecified atom stereocenters. The van der Waals surface area contributed by atoms with Crippen molar-refractivity contribution in [2.24, 2.45) is 0 Å². The van der Waals surface area contributed by atoms with Crippen LogP contribution >= 0.6 is 11.3 Å². The van der Waals surface area contributed by atoms with Gasteiger partial charge in [-0.15, -0.1) is 0 Å². The summed E-state index contributed by atoms with van der Waals surface area (Å²) in [6.45, 7) is 0. The number of carbonyl (C=O) groups excluding carboxylic acids is 1. The summed E-state index contributed by atoms with van der Waals surface area (Å²) in [6, 6.07) is 9.75. The second-order valence-corrected chi connectivity index (χ2v) is 5.01. The third kappa shape index (κ3) is 2.36. The number of anilines is 1. The fraction of sp³-hybridized carbons (Fsp3) is 0.231. The Bertz CT molecular complexity index is 549. The van der Waals surface area contributed by atoms with Gasteiger partial charge < -0.3 is 10.2 Å². The van der Waals surface area contributed by atoms with Gasteiger partial charge in [-0.05, 0) is 0 Å². The van der Waals surface area contributed by atoms with Gasteiger partial charge in [0.25, 0.3) is 5.91 Å². The van der Waals surface area contributed by atoms with E-state index in [-0.39, 0.29) is 5.91 Å². The maximum atomic E-state index is 12.1. The van der Waals surface area contributed by atoms with Crippen molar-refractivity contribution in [3.63, 3.8) is 0 Å². The fourth-order valence-corrected chi connectivity index (χ4v) is 2.53. The number of hydrogen-bond acceptors (Lipinski definition) is 4. The molecule has 5 heteroatoms. The van der Waals surface area contributed by atoms with Crippen molar-refractivity contribution >= 4 is 22.4 Å². The molecule has 1 N–H and O–H groups in total. The van der Waals surface area contributed by atoms with Gasteiger partial charge in [-0.25, -0.2) is 4.98 Å². The van der Waals surface area contributed by atoms with Crippen molar-refractivity contribution in [1.82, 2.24) is 9.88 Å². The standard InChI is InChI=1S/C13H15N3OS/c1-14-13-15-10(9-7-5-4-6-8-9)11(18-13)12(17)16(2)3/h4-8H,1-3H3,(H,14,15). The Labute approximate surface area is 110 Å². The smallest absolute Gasteiger partial charge is 0.265 e. The van der Waals surface area contributed by atoms with Crippen LogP contribution in [0.1, 0.15) is 9.67 Å². The van der Waals surface area contributed by atoms with E-state index in [1.165, 1.54) is 11.3 Å². The monoisotopic (exact) mass is 261 g/mol. The number of aromatic nitrogens is 1. The number of hydrogen-bond donors (Lipinski definition) is 1. The highest BCUT2D eigenvalue weighted by molar-refractivity contribution is 7.18. The number of nitrogens with one attached hydrogen (secondary N) is 1. The number of carbonyl (C=O) groups is 1. The number of benzene rings is 1. The van der Waals surface area contributed by atoms with Crippen molar-refractivity contribution < 1.29 is 4.79 Å². The van der Waals surface area contributed by atoms with Crippen LogP contribution in [0.3, 0.4) is 0 Å². The zero-order valence-corrected chi connectivity index (χ0v) is 11.4. The van der Waals surface area contributed by atoms with Crippen LogP contribution in [0.15, 0.2) is 30.3 Å². The SMILES string of the molecule is CNc1nc(-c2ccccc2)c(C(=O)N(C)C)s1. The first-order chi connectivity index (χ1) is 8.63. The molecule has 0 spiro atoms. The second kappa shape index (κ2) is 5.18. The molecule has 4 nitrogen and oxygen atoms in total. The summed E-state index contributed by atoms with van der Waals surface area (Å²) >= 11 is 1.38. The first-order valence-corrected chi connectivity index (χ1v) is 6.40. The van der Waals surface area contributed by atoms with Crippen LogP contribution in [0.25, 0.3) is 11.3 Å². The van der Waals surface area contributed by atoms with Crippen molar-refractivity contribution in [3.8, 4) is 11.3 Å². The third-order valence-electron chi connectivity index (χ3n) is 2.49. The lowest BCUT2D eigenvalue weighted by molar-refractivity contribution is 0.0832. The van der Waals surface area contributed by atoms with E-state index in [1.807, 2.05) is 30.3 Å². The maximum Gasteiger partial charge on any atom is 0.265 e. The van der Waals surface area contributed by atoms with Crippen LogP contribution in [0.4, 0.5) is 5.13 Å². The molecule has 0 saturated carbocycles. The molecule has 0 bridgehead atoms. The molecule has 0 aliphatic heterocycles. The van der Waals surface area contributed by atoms with Gasteiger partial charge in [-0.2, -0.15) is 0 Å². The Morgan fingerprint density at radius 1 is 1.28 bits per heavy atom. The molecule has 0 radical (unpaired) electrons. The Kier molecular flexibility index (Phi) is 3.62. The number of rotatable bonds is 3. The molecular weight excluding hydrogens is 246 g/mol. The average molecular weight is 261 g/mol. The van der Waals surface area contributed by atoms with Gasteiger partial charge in [0.2, 0.25) is 0 Å². The molecule has 18 heavy (non-hydrogen) atoms. The Morgan fingerprint density at radius 3 is 2.50 bits per heavy atom. The molecular formula is C13H15N3OS. The molecule has 0 saturated heterocycles. The zero-order valence-electron chi connectivity index (χ0n) is 10.6. The summed E-state index contributed by atoms with van der Waals surface area (Å²) in [7, 11) is 5.29. The molecule has 1 aromatic heterocycles. The minimum absolute atomic E-state index is 0.0205. The van der Waals surface area contributed by atoms with Crippen LogP contribution < -0.4 is 5.32 Å². The number of thiazole rings is 1. The lowest BCUT2D eigenvalue weighted by Gasteiger charge is -2.09. The normalized spacial score (nSPS) is 10.2. The van der Waals surface area contributed by atoms with E-state index in [0.717, 1.165) is 16.4 Å². The molecule has 0 atom stereocenters. The number of nitrogens with zero attached hydrogens (tertiary/aromatic N) is 2. The van der Waals surface area contributed by atoms with Gasteiger partial charge in [0, 0.05) is 26.7 Å². The third-order valence-corrected chi connectivity index (χ3v) is 3.55. The lowest BCUT2D eigenvalue weighted by Crippen LogP contribution is -2.21. The quantitative estimate of drug-likeness (QED) is 0.923. The molecule has 2 aromatic rings. The van der Waals surface area contributed by atoms with Gasteiger partial charge in [-0.1, -0.05) is 41.7 Å². The largest absolute Gasteiger partial charge is 0.365 e. The van der Waals surface area contributed by atoms with Crippen LogP contribution in [-0.4, -0.2) is 36.9 Å². The van der Waals surface area contributed by atoms with Crippen LogP contribution in [0, 0.1) is 0 Å². The minimum Gasteiger partial charge on any atom is -0.365 e. The zero-order chi connectivity index (χ0) is 13.1. The lowest BCUT2D eigenvalue weighted by atomic mass is 10.1. The van der Waals surface area contributed by atoms with Gasteiger partial charge in [0.05, 0.1) is 5.69 Å². The highest BCUT2D eigenvalue weighted by Gasteiger charge is 2.20. The molecule has 0 fully saturated rings. The average Bonchev–Trinajstić information content (AvgIpc) is 2.82. The van der Waals surface area contributed by atoms with E-state index in [2.05, 4.69) is 10.3 Å². The van der Waals surface area contributed by atoms with E-state index in [0.29, 0.717) is 4.88 Å². The minimum atomic E-state index is -0.0205. The van der Waals surface area contributed by atoms with Gasteiger partial charge in [0.15, 0.2) is 5.13 Å². The Hall–Kier alpha value is -1.88. The maximum absolute atomic E-state index is 12.1. The first-order valence-electron chi connectivity index (χ1n) is 5.59. The summed E-state index contributed by atoms with van der Waals surface area (Å²) < 4.78 is 0. The predicted octanol–water partition coefficient (Wildman–Crippen LogP) is 2.55. The second-order valence-electron chi connectivity index (χ2n) is 4.01. The van der Waals surface area contributed by atoms with Crippen molar-refractivity contribution in [1.29, 1.82) is 0 Å². The van der Waals surface area contributed by atoms with E-state index < -0.39 is 0 Å². The van der Waals surface area contributed by atoms with Gasteiger partial charge >= 0.3 is 0 Å². The van der Waals surface area contributed by atoms with Crippen molar-refractivity contribution in [2.45, 2.75) is 0 Å². The summed E-state index contributed by atoms with van der Waals surface area (Å²) in [5, 5.41) is 3.74. The first kappa shape index (κ1) is 12.6. The van der Waals surface area contributed by atoms with E-state index in [4.69, 9.17) is 0 Å². The molecule has 0 aliphatic rings. The van der Waals surface area contributed by atoms with Gasteiger partial charge in [-0.3, -0.25) is 4.79 Å². The molecule has 1 amide bonds. The highest BCUT2D eigenvalue weighted by atomic mass is 32.1. The Balaban J connectivity index is 2.52. The van der Waals surface area contributed by atoms with Crippen LogP contribution in [0.5, 0.6) is 0 Å². The predicted molar refractivity (Wildman–Crippen MR) is 75.1 cm³/mol. The molecule has 1 heterocycles. The summed E-state index contributed by atoms with van der Waals surface area (Å²) in [6.07, 6.45) is 0. The topological polar surface area (TPSA) is 45.2 Å². The van der Waals surface area contributed by atoms with Crippen molar-refractivity contribution in [2.75, 3.05) is 26.5 Å². The molecule has 0 aliphatic carbocycles. The Morgan fingerprint density at radius 2 is 1.94 bits per heavy atom. The number of amides is 1. The van der Waals surface area contributed by atoms with Crippen LogP contribution in [-0.2, 0) is 0 Å². The molecule has 1 aromatic carbocycles. The van der Waals surface area contributed by atoms with E-state index in [9.17, 15) is 4.79 Å². The van der Waals surface area contributed by atoms with Crippen molar-refractivity contribution in [3.05, 3.63) is 35.2 Å². The van der Waals surface area contributed by atoms with Gasteiger partial charge in [0.1, 0.15) is 4.88 Å². The summed E-state index contributed by atoms with van der Waals surface area (Å²) in [5.41, 5.74) is 1.70. The molecule has 94 valence electrons. The highest BCUT2D eigenvalue weighted by Crippen LogP contribution is 2.31. The summed E-state index contributed by atoms with van der Waals surface area (Å²) in [5.74, 6) is -0.0205. The molecule has 2 rings (SSSR count).